The zero-order valence-corrected chi connectivity index (χ0v) is 25.1. The number of halogens is 3. The molecule has 0 aliphatic heterocycles. The molecule has 5 aromatic rings. The van der Waals surface area contributed by atoms with Crippen molar-refractivity contribution in [1.29, 1.82) is 0 Å². The van der Waals surface area contributed by atoms with Crippen molar-refractivity contribution in [3.63, 3.8) is 0 Å². The van der Waals surface area contributed by atoms with Gasteiger partial charge in [-0.05, 0) is 86.7 Å². The highest BCUT2D eigenvalue weighted by Crippen LogP contribution is 2.32. The summed E-state index contributed by atoms with van der Waals surface area (Å²) in [7, 11) is 0. The Balaban J connectivity index is 1.50. The van der Waals surface area contributed by atoms with Gasteiger partial charge in [0.15, 0.2) is 0 Å². The van der Waals surface area contributed by atoms with Crippen LogP contribution in [-0.4, -0.2) is 26.6 Å². The third-order valence-electron chi connectivity index (χ3n) is 8.14. The number of aromatic nitrogens is 2. The SMILES string of the molecule is CC(=O)C(C)(C)c1cccc(-c2ccc(CN(Cc3ccc(C(F)(F)F)o3)C(=O)c3c(C)c(C)nc4cccnc34)cc2)c1. The van der Waals surface area contributed by atoms with Gasteiger partial charge in [0.2, 0.25) is 5.76 Å². The molecule has 0 fully saturated rings. The largest absolute Gasteiger partial charge is 0.455 e. The highest BCUT2D eigenvalue weighted by atomic mass is 19.4. The lowest BCUT2D eigenvalue weighted by molar-refractivity contribution is -0.153. The minimum Gasteiger partial charge on any atom is -0.455 e. The van der Waals surface area contributed by atoms with Crippen LogP contribution in [0.3, 0.4) is 0 Å². The van der Waals surface area contributed by atoms with E-state index in [4.69, 9.17) is 4.42 Å². The second-order valence-electron chi connectivity index (χ2n) is 11.5. The van der Waals surface area contributed by atoms with Gasteiger partial charge in [-0.3, -0.25) is 19.6 Å². The third-order valence-corrected chi connectivity index (χ3v) is 8.14. The molecule has 0 aliphatic carbocycles. The fraction of sp³-hybridized carbons (Fsp3) is 0.257. The fourth-order valence-electron chi connectivity index (χ4n) is 5.04. The molecule has 6 nitrogen and oxygen atoms in total. The van der Waals surface area contributed by atoms with Gasteiger partial charge in [-0.15, -0.1) is 0 Å². The van der Waals surface area contributed by atoms with E-state index in [1.54, 1.807) is 39.1 Å². The Bertz CT molecular complexity index is 1860. The van der Waals surface area contributed by atoms with Gasteiger partial charge in [0, 0.05) is 23.9 Å². The van der Waals surface area contributed by atoms with Crippen molar-refractivity contribution >= 4 is 22.7 Å². The first-order valence-corrected chi connectivity index (χ1v) is 14.1. The molecule has 0 unspecified atom stereocenters. The van der Waals surface area contributed by atoms with Crippen LogP contribution in [0.2, 0.25) is 0 Å². The van der Waals surface area contributed by atoms with E-state index in [1.165, 1.54) is 11.0 Å². The van der Waals surface area contributed by atoms with Crippen molar-refractivity contribution in [2.45, 2.75) is 59.3 Å². The standard InChI is InChI=1S/C35H32F3N3O3/c1-21-22(2)40-29-10-7-17-39-32(29)31(21)33(43)41(20-28-15-16-30(44-28)35(36,37)38)19-24-11-13-25(14-12-24)26-8-6-9-27(18-26)34(4,5)23(3)42/h6-18H,19-20H2,1-5H3. The molecule has 2 aromatic carbocycles. The van der Waals surface area contributed by atoms with Crippen molar-refractivity contribution in [1.82, 2.24) is 14.9 Å². The van der Waals surface area contributed by atoms with Crippen molar-refractivity contribution in [3.8, 4) is 11.1 Å². The molecular formula is C35H32F3N3O3. The lowest BCUT2D eigenvalue weighted by Crippen LogP contribution is -2.31. The molecule has 0 spiro atoms. The van der Waals surface area contributed by atoms with Crippen LogP contribution in [0.5, 0.6) is 0 Å². The van der Waals surface area contributed by atoms with Crippen LogP contribution in [0, 0.1) is 13.8 Å². The average molecular weight is 600 g/mol. The number of alkyl halides is 3. The Morgan fingerprint density at radius 2 is 1.61 bits per heavy atom. The number of carbonyl (C=O) groups is 2. The number of hydrogen-bond acceptors (Lipinski definition) is 5. The summed E-state index contributed by atoms with van der Waals surface area (Å²) in [5.41, 5.74) is 5.52. The van der Waals surface area contributed by atoms with Gasteiger partial charge in [-0.25, -0.2) is 0 Å². The predicted octanol–water partition coefficient (Wildman–Crippen LogP) is 8.23. The number of carbonyl (C=O) groups excluding carboxylic acids is 2. The smallest absolute Gasteiger partial charge is 0.449 e. The Morgan fingerprint density at radius 3 is 2.27 bits per heavy atom. The average Bonchev–Trinajstić information content (AvgIpc) is 3.47. The van der Waals surface area contributed by atoms with E-state index in [2.05, 4.69) is 9.97 Å². The zero-order chi connectivity index (χ0) is 31.8. The Morgan fingerprint density at radius 1 is 0.886 bits per heavy atom. The van der Waals surface area contributed by atoms with Crippen LogP contribution in [0.4, 0.5) is 13.2 Å². The summed E-state index contributed by atoms with van der Waals surface area (Å²) in [5.74, 6) is -1.45. The van der Waals surface area contributed by atoms with Crippen LogP contribution in [0.25, 0.3) is 22.2 Å². The maximum atomic E-state index is 14.2. The normalized spacial score (nSPS) is 12.0. The summed E-state index contributed by atoms with van der Waals surface area (Å²) in [4.78, 5) is 36.8. The number of hydrogen-bond donors (Lipinski definition) is 0. The maximum Gasteiger partial charge on any atom is 0.449 e. The maximum absolute atomic E-state index is 14.2. The number of Topliss-reactive ketones (excluding diaryl/α,β-unsaturated/α-hetero) is 1. The molecule has 0 bridgehead atoms. The highest BCUT2D eigenvalue weighted by Gasteiger charge is 2.35. The second kappa shape index (κ2) is 11.7. The number of rotatable bonds is 8. The van der Waals surface area contributed by atoms with Crippen LogP contribution in [-0.2, 0) is 29.5 Å². The van der Waals surface area contributed by atoms with Gasteiger partial charge >= 0.3 is 6.18 Å². The van der Waals surface area contributed by atoms with E-state index >= 15 is 0 Å². The summed E-state index contributed by atoms with van der Waals surface area (Å²) in [5, 5.41) is 0. The Labute approximate surface area is 253 Å². The van der Waals surface area contributed by atoms with Gasteiger partial charge in [-0.2, -0.15) is 13.2 Å². The van der Waals surface area contributed by atoms with Crippen LogP contribution in [0.15, 0.2) is 83.4 Å². The van der Waals surface area contributed by atoms with Gasteiger partial charge in [0.1, 0.15) is 17.1 Å². The molecule has 0 saturated carbocycles. The van der Waals surface area contributed by atoms with E-state index in [0.717, 1.165) is 28.3 Å². The van der Waals surface area contributed by atoms with Crippen LogP contribution < -0.4 is 0 Å². The highest BCUT2D eigenvalue weighted by molar-refractivity contribution is 6.06. The van der Waals surface area contributed by atoms with Gasteiger partial charge in [-0.1, -0.05) is 48.5 Å². The number of benzene rings is 2. The molecule has 0 atom stereocenters. The fourth-order valence-corrected chi connectivity index (χ4v) is 5.04. The van der Waals surface area contributed by atoms with E-state index in [-0.39, 0.29) is 24.6 Å². The Hall–Kier alpha value is -4.79. The van der Waals surface area contributed by atoms with Crippen molar-refractivity contribution in [2.24, 2.45) is 0 Å². The summed E-state index contributed by atoms with van der Waals surface area (Å²) in [6, 6.07) is 21.0. The molecule has 0 aliphatic rings. The number of aryl methyl sites for hydroxylation is 1. The summed E-state index contributed by atoms with van der Waals surface area (Å²) in [6.45, 7) is 8.87. The topological polar surface area (TPSA) is 76.3 Å². The summed E-state index contributed by atoms with van der Waals surface area (Å²) >= 11 is 0. The number of fused-ring (bicyclic) bond motifs is 1. The molecular weight excluding hydrogens is 567 g/mol. The number of furan rings is 1. The van der Waals surface area contributed by atoms with Crippen LogP contribution in [0.1, 0.15) is 65.0 Å². The molecule has 0 radical (unpaired) electrons. The quantitative estimate of drug-likeness (QED) is 0.180. The van der Waals surface area contributed by atoms with E-state index in [0.29, 0.717) is 27.9 Å². The minimum absolute atomic E-state index is 0.00731. The lowest BCUT2D eigenvalue weighted by atomic mass is 9.80. The minimum atomic E-state index is -4.64. The second-order valence-corrected chi connectivity index (χ2v) is 11.5. The zero-order valence-electron chi connectivity index (χ0n) is 25.1. The van der Waals surface area contributed by atoms with Crippen molar-refractivity contribution in [3.05, 3.63) is 118 Å². The monoisotopic (exact) mass is 599 g/mol. The van der Waals surface area contributed by atoms with Crippen molar-refractivity contribution < 1.29 is 27.2 Å². The summed E-state index contributed by atoms with van der Waals surface area (Å²) < 4.78 is 45.0. The molecule has 0 N–H and O–H groups in total. The number of pyridine rings is 2. The van der Waals surface area contributed by atoms with E-state index in [1.807, 2.05) is 62.4 Å². The third kappa shape index (κ3) is 6.13. The lowest BCUT2D eigenvalue weighted by Gasteiger charge is -2.24. The Kier molecular flexibility index (Phi) is 8.16. The van der Waals surface area contributed by atoms with Gasteiger partial charge in [0.25, 0.3) is 5.91 Å². The van der Waals surface area contributed by atoms with Crippen molar-refractivity contribution in [2.75, 3.05) is 0 Å². The first kappa shape index (κ1) is 30.7. The van der Waals surface area contributed by atoms with E-state index in [9.17, 15) is 22.8 Å². The van der Waals surface area contributed by atoms with Crippen LogP contribution >= 0.6 is 0 Å². The first-order chi connectivity index (χ1) is 20.8. The number of ketones is 1. The molecule has 5 rings (SSSR count). The number of nitrogens with zero attached hydrogens (tertiary/aromatic N) is 3. The summed E-state index contributed by atoms with van der Waals surface area (Å²) in [6.07, 6.45) is -3.06. The van der Waals surface area contributed by atoms with Gasteiger partial charge < -0.3 is 9.32 Å². The molecule has 1 amide bonds. The molecule has 0 saturated heterocycles. The predicted molar refractivity (Wildman–Crippen MR) is 162 cm³/mol. The van der Waals surface area contributed by atoms with E-state index < -0.39 is 23.3 Å². The number of amides is 1. The molecule has 226 valence electrons. The van der Waals surface area contributed by atoms with Gasteiger partial charge in [0.05, 0.1) is 17.6 Å². The molecule has 3 aromatic heterocycles. The molecule has 9 heteroatoms. The first-order valence-electron chi connectivity index (χ1n) is 14.1. The molecule has 3 heterocycles. The molecule has 44 heavy (non-hydrogen) atoms.